The number of halogens is 2. The second-order valence-electron chi connectivity index (χ2n) is 6.14. The van der Waals surface area contributed by atoms with Crippen LogP contribution >= 0.6 is 24.0 Å². The van der Waals surface area contributed by atoms with Crippen LogP contribution in [-0.2, 0) is 9.59 Å². The van der Waals surface area contributed by atoms with Gasteiger partial charge in [0.05, 0.1) is 17.5 Å². The van der Waals surface area contributed by atoms with E-state index < -0.39 is 0 Å². The number of ether oxygens (including phenoxy) is 1. The highest BCUT2D eigenvalue weighted by atomic mass is 35.5. The fraction of sp³-hybridized carbons (Fsp3) is 0.556. The number of carbonyl (C=O) groups excluding carboxylic acids is 2. The molecule has 1 aromatic rings. The normalized spacial score (nSPS) is 16.5. The number of hydrogen-bond donors (Lipinski definition) is 2. The van der Waals surface area contributed by atoms with E-state index in [4.69, 9.17) is 22.1 Å². The third-order valence-electron chi connectivity index (χ3n) is 4.22. The summed E-state index contributed by atoms with van der Waals surface area (Å²) in [5.41, 5.74) is 5.40. The average molecular weight is 404 g/mol. The van der Waals surface area contributed by atoms with Crippen molar-refractivity contribution >= 4 is 35.8 Å². The van der Waals surface area contributed by atoms with Crippen molar-refractivity contribution < 1.29 is 14.3 Å². The van der Waals surface area contributed by atoms with Crippen LogP contribution in [0.2, 0.25) is 5.02 Å². The van der Waals surface area contributed by atoms with Crippen molar-refractivity contribution in [1.29, 1.82) is 0 Å². The second-order valence-corrected chi connectivity index (χ2v) is 6.55. The molecule has 3 N–H and O–H groups in total. The maximum atomic E-state index is 12.4. The van der Waals surface area contributed by atoms with Gasteiger partial charge in [-0.05, 0) is 31.4 Å². The number of carbonyl (C=O) groups is 2. The number of nitrogens with one attached hydrogen (secondary N) is 1. The molecule has 1 aliphatic heterocycles. The third kappa shape index (κ3) is 7.02. The molecule has 6 nitrogen and oxygen atoms in total. The Hall–Kier alpha value is -1.50. The third-order valence-corrected chi connectivity index (χ3v) is 4.53. The first kappa shape index (κ1) is 22.5. The van der Waals surface area contributed by atoms with Crippen molar-refractivity contribution in [1.82, 2.24) is 10.2 Å². The summed E-state index contributed by atoms with van der Waals surface area (Å²) in [6.45, 7) is 2.53. The maximum absolute atomic E-state index is 12.4. The van der Waals surface area contributed by atoms with Gasteiger partial charge in [0.15, 0.2) is 0 Å². The lowest BCUT2D eigenvalue weighted by atomic mass is 9.96. The number of piperidine rings is 1. The van der Waals surface area contributed by atoms with Gasteiger partial charge < -0.3 is 20.7 Å². The minimum Gasteiger partial charge on any atom is -0.492 e. The number of nitrogens with two attached hydrogens (primary N) is 1. The molecule has 8 heteroatoms. The van der Waals surface area contributed by atoms with Gasteiger partial charge in [0.2, 0.25) is 11.8 Å². The molecule has 146 valence electrons. The number of hydrogen-bond acceptors (Lipinski definition) is 4. The highest BCUT2D eigenvalue weighted by Gasteiger charge is 2.27. The van der Waals surface area contributed by atoms with Crippen molar-refractivity contribution in [2.75, 3.05) is 32.8 Å². The highest BCUT2D eigenvalue weighted by molar-refractivity contribution is 6.32. The van der Waals surface area contributed by atoms with Crippen LogP contribution in [0.15, 0.2) is 24.3 Å². The Bertz CT molecular complexity index is 587. The molecule has 0 radical (unpaired) electrons. The monoisotopic (exact) mass is 403 g/mol. The Morgan fingerprint density at radius 2 is 2.12 bits per heavy atom. The number of amides is 2. The summed E-state index contributed by atoms with van der Waals surface area (Å²) >= 11 is 6.02. The van der Waals surface area contributed by atoms with Crippen LogP contribution in [0.3, 0.4) is 0 Å². The molecule has 1 aliphatic rings. The summed E-state index contributed by atoms with van der Waals surface area (Å²) < 4.78 is 5.60. The molecule has 1 fully saturated rings. The zero-order chi connectivity index (χ0) is 18.1. The van der Waals surface area contributed by atoms with E-state index >= 15 is 0 Å². The van der Waals surface area contributed by atoms with Crippen molar-refractivity contribution in [3.63, 3.8) is 0 Å². The van der Waals surface area contributed by atoms with Gasteiger partial charge in [0.25, 0.3) is 0 Å². The number of benzene rings is 1. The van der Waals surface area contributed by atoms with E-state index in [1.165, 1.54) is 0 Å². The second kappa shape index (κ2) is 12.0. The van der Waals surface area contributed by atoms with Crippen LogP contribution in [-0.4, -0.2) is 49.5 Å². The van der Waals surface area contributed by atoms with Gasteiger partial charge in [0.1, 0.15) is 5.75 Å². The highest BCUT2D eigenvalue weighted by Crippen LogP contribution is 2.23. The summed E-state index contributed by atoms with van der Waals surface area (Å²) in [7, 11) is 0. The molecule has 1 atom stereocenters. The number of nitrogens with zero attached hydrogens (tertiary/aromatic N) is 1. The quantitative estimate of drug-likeness (QED) is 0.651. The summed E-state index contributed by atoms with van der Waals surface area (Å²) in [4.78, 5) is 26.2. The van der Waals surface area contributed by atoms with E-state index in [0.29, 0.717) is 56.4 Å². The van der Waals surface area contributed by atoms with E-state index in [-0.39, 0.29) is 30.1 Å². The molecule has 0 aromatic heterocycles. The fourth-order valence-electron chi connectivity index (χ4n) is 2.88. The van der Waals surface area contributed by atoms with Crippen molar-refractivity contribution in [3.8, 4) is 5.75 Å². The number of likely N-dealkylation sites (tertiary alicyclic amines) is 1. The van der Waals surface area contributed by atoms with Crippen molar-refractivity contribution in [2.45, 2.75) is 25.7 Å². The average Bonchev–Trinajstić information content (AvgIpc) is 2.64. The number of para-hydroxylation sites is 1. The predicted octanol–water partition coefficient (Wildman–Crippen LogP) is 2.23. The first-order chi connectivity index (χ1) is 12.1. The molecular weight excluding hydrogens is 377 g/mol. The molecule has 1 unspecified atom stereocenters. The topological polar surface area (TPSA) is 84.7 Å². The first-order valence-corrected chi connectivity index (χ1v) is 9.12. The molecule has 0 spiro atoms. The van der Waals surface area contributed by atoms with Gasteiger partial charge in [-0.15, -0.1) is 12.4 Å². The minimum absolute atomic E-state index is 0. The maximum Gasteiger partial charge on any atom is 0.224 e. The minimum atomic E-state index is -0.136. The summed E-state index contributed by atoms with van der Waals surface area (Å²) in [5, 5.41) is 3.37. The van der Waals surface area contributed by atoms with E-state index in [0.717, 1.165) is 12.8 Å². The van der Waals surface area contributed by atoms with Crippen LogP contribution in [0.25, 0.3) is 0 Å². The molecule has 2 rings (SSSR count). The number of rotatable bonds is 8. The smallest absolute Gasteiger partial charge is 0.224 e. The standard InChI is InChI=1S/C18H26ClN3O3.ClH/c19-15-6-1-2-7-16(15)25-12-4-8-17(23)22-11-3-5-14(13-22)18(24)21-10-9-20;/h1-2,6-7,14H,3-5,8-13,20H2,(H,21,24);1H. The Labute approximate surface area is 165 Å². The van der Waals surface area contributed by atoms with Crippen molar-refractivity contribution in [3.05, 3.63) is 29.3 Å². The van der Waals surface area contributed by atoms with Crippen LogP contribution in [0.4, 0.5) is 0 Å². The molecular formula is C18H27Cl2N3O3. The zero-order valence-electron chi connectivity index (χ0n) is 14.8. The summed E-state index contributed by atoms with van der Waals surface area (Å²) in [5.74, 6) is 0.555. The Morgan fingerprint density at radius 3 is 2.85 bits per heavy atom. The Balaban J connectivity index is 0.00000338. The largest absolute Gasteiger partial charge is 0.492 e. The molecule has 2 amide bonds. The molecule has 26 heavy (non-hydrogen) atoms. The van der Waals surface area contributed by atoms with Gasteiger partial charge in [-0.3, -0.25) is 9.59 Å². The molecule has 1 saturated heterocycles. The fourth-order valence-corrected chi connectivity index (χ4v) is 3.07. The van der Waals surface area contributed by atoms with Gasteiger partial charge >= 0.3 is 0 Å². The van der Waals surface area contributed by atoms with E-state index in [1.54, 1.807) is 17.0 Å². The SMILES string of the molecule is Cl.NCCNC(=O)C1CCCN(C(=O)CCCOc2ccccc2Cl)C1. The Morgan fingerprint density at radius 1 is 1.35 bits per heavy atom. The lowest BCUT2D eigenvalue weighted by molar-refractivity contribution is -0.135. The van der Waals surface area contributed by atoms with Crippen LogP contribution in [0.1, 0.15) is 25.7 Å². The summed E-state index contributed by atoms with van der Waals surface area (Å²) in [6, 6.07) is 7.27. The first-order valence-electron chi connectivity index (χ1n) is 8.74. The van der Waals surface area contributed by atoms with Crippen LogP contribution < -0.4 is 15.8 Å². The zero-order valence-corrected chi connectivity index (χ0v) is 16.4. The van der Waals surface area contributed by atoms with Crippen molar-refractivity contribution in [2.24, 2.45) is 11.7 Å². The van der Waals surface area contributed by atoms with Gasteiger partial charge in [-0.1, -0.05) is 23.7 Å². The van der Waals surface area contributed by atoms with Crippen LogP contribution in [0, 0.1) is 5.92 Å². The molecule has 0 bridgehead atoms. The molecule has 1 heterocycles. The van der Waals surface area contributed by atoms with Gasteiger partial charge in [-0.25, -0.2) is 0 Å². The van der Waals surface area contributed by atoms with Crippen LogP contribution in [0.5, 0.6) is 5.75 Å². The summed E-state index contributed by atoms with van der Waals surface area (Å²) in [6.07, 6.45) is 2.69. The van der Waals surface area contributed by atoms with Gasteiger partial charge in [-0.2, -0.15) is 0 Å². The molecule has 0 saturated carbocycles. The lowest BCUT2D eigenvalue weighted by Gasteiger charge is -2.32. The van der Waals surface area contributed by atoms with E-state index in [9.17, 15) is 9.59 Å². The molecule has 1 aromatic carbocycles. The Kier molecular flexibility index (Phi) is 10.4. The predicted molar refractivity (Wildman–Crippen MR) is 105 cm³/mol. The molecule has 0 aliphatic carbocycles. The van der Waals surface area contributed by atoms with Gasteiger partial charge in [0, 0.05) is 32.6 Å². The van der Waals surface area contributed by atoms with E-state index in [2.05, 4.69) is 5.32 Å². The lowest BCUT2D eigenvalue weighted by Crippen LogP contribution is -2.46. The van der Waals surface area contributed by atoms with E-state index in [1.807, 2.05) is 12.1 Å².